The van der Waals surface area contributed by atoms with Gasteiger partial charge in [0.1, 0.15) is 6.54 Å². The predicted octanol–water partition coefficient (Wildman–Crippen LogP) is 7.84. The van der Waals surface area contributed by atoms with Crippen molar-refractivity contribution in [1.29, 1.82) is 0 Å². The molecule has 5 rings (SSSR count). The number of benzene rings is 2. The standard InChI is InChI=1S/C36H43ClN2O6S2/c1-6-21-38-31-18-17-27(47(43,44)45)24-29(31)36(4,5)33(38)20-16-26-12-9-11-25(34(26)37)15-19-32-35(2,3)28-13-7-8-14-30(28)39(32)22-10-23-46(40,41)42/h7-8,13-20,24H,6,9-12,21-23H2,1-5H3,(H-,40,41,42,43,44,45)/p+1. The second kappa shape index (κ2) is 13.1. The van der Waals surface area contributed by atoms with Crippen LogP contribution in [0.1, 0.15) is 77.8 Å². The number of nitrogens with zero attached hydrogens (tertiary/aromatic N) is 2. The Morgan fingerprint density at radius 2 is 1.66 bits per heavy atom. The minimum Gasteiger partial charge on any atom is -0.344 e. The summed E-state index contributed by atoms with van der Waals surface area (Å²) in [6, 6.07) is 12.9. The maximum atomic E-state index is 11.9. The van der Waals surface area contributed by atoms with Crippen LogP contribution >= 0.6 is 11.6 Å². The summed E-state index contributed by atoms with van der Waals surface area (Å²) in [6.45, 7) is 11.7. The normalized spacial score (nSPS) is 21.0. The Labute approximate surface area is 284 Å². The number of halogens is 1. The highest BCUT2D eigenvalue weighted by molar-refractivity contribution is 7.86. The van der Waals surface area contributed by atoms with Gasteiger partial charge in [0, 0.05) is 52.5 Å². The Hall–Kier alpha value is -3.02. The maximum Gasteiger partial charge on any atom is 0.294 e. The van der Waals surface area contributed by atoms with E-state index in [1.807, 2.05) is 18.2 Å². The number of hydrogen-bond acceptors (Lipinski definition) is 5. The average molecular weight is 700 g/mol. The van der Waals surface area contributed by atoms with Crippen LogP contribution in [0.4, 0.5) is 11.4 Å². The number of anilines is 1. The highest BCUT2D eigenvalue weighted by Crippen LogP contribution is 2.49. The van der Waals surface area contributed by atoms with Crippen molar-refractivity contribution in [2.75, 3.05) is 23.7 Å². The van der Waals surface area contributed by atoms with Gasteiger partial charge in [0.05, 0.1) is 16.1 Å². The SMILES string of the molecule is CCCN1/C(=C/C=C2\CCCC(/C=C/C3=[N+](CCCS(=O)(=O)O)c4ccccc4C3(C)C)=C2Cl)C(C)(C)c2cc(S(=O)(=O)O)ccc21. The number of allylic oxidation sites excluding steroid dienone is 8. The fraction of sp³-hybridized carbons (Fsp3) is 0.417. The lowest BCUT2D eigenvalue weighted by molar-refractivity contribution is -0.437. The molecule has 11 heteroatoms. The van der Waals surface area contributed by atoms with E-state index in [-0.39, 0.29) is 22.5 Å². The van der Waals surface area contributed by atoms with Crippen molar-refractivity contribution >= 4 is 48.9 Å². The van der Waals surface area contributed by atoms with Crippen molar-refractivity contribution in [3.05, 3.63) is 99.8 Å². The molecule has 0 spiro atoms. The molecule has 252 valence electrons. The summed E-state index contributed by atoms with van der Waals surface area (Å²) < 4.78 is 67.9. The van der Waals surface area contributed by atoms with Gasteiger partial charge in [-0.05, 0) is 80.5 Å². The van der Waals surface area contributed by atoms with Crippen LogP contribution in [0.5, 0.6) is 0 Å². The van der Waals surface area contributed by atoms with E-state index in [4.69, 9.17) is 11.6 Å². The van der Waals surface area contributed by atoms with Gasteiger partial charge in [0.2, 0.25) is 5.69 Å². The molecule has 0 saturated carbocycles. The van der Waals surface area contributed by atoms with E-state index in [2.05, 4.69) is 74.5 Å². The fourth-order valence-electron chi connectivity index (χ4n) is 7.13. The molecular weight excluding hydrogens is 656 g/mol. The number of hydrogen-bond donors (Lipinski definition) is 2. The third kappa shape index (κ3) is 7.08. The van der Waals surface area contributed by atoms with Gasteiger partial charge in [-0.25, -0.2) is 0 Å². The van der Waals surface area contributed by atoms with Crippen LogP contribution in [-0.4, -0.2) is 55.1 Å². The van der Waals surface area contributed by atoms with Crippen molar-refractivity contribution in [1.82, 2.24) is 0 Å². The molecule has 3 aliphatic rings. The molecule has 0 aromatic heterocycles. The molecule has 0 fully saturated rings. The minimum absolute atomic E-state index is 0.113. The summed E-state index contributed by atoms with van der Waals surface area (Å²) in [4.78, 5) is 2.10. The second-order valence-corrected chi connectivity index (χ2v) is 16.9. The number of fused-ring (bicyclic) bond motifs is 2. The van der Waals surface area contributed by atoms with Crippen molar-refractivity contribution in [2.45, 2.75) is 82.4 Å². The molecule has 0 amide bonds. The average Bonchev–Trinajstić information content (AvgIpc) is 3.33. The van der Waals surface area contributed by atoms with E-state index in [1.165, 1.54) is 6.07 Å². The third-order valence-electron chi connectivity index (χ3n) is 9.53. The van der Waals surface area contributed by atoms with Crippen LogP contribution in [0, 0.1) is 0 Å². The highest BCUT2D eigenvalue weighted by Gasteiger charge is 2.44. The van der Waals surface area contributed by atoms with E-state index in [0.29, 0.717) is 11.6 Å². The molecule has 1 aliphatic carbocycles. The maximum absolute atomic E-state index is 11.9. The van der Waals surface area contributed by atoms with Crippen LogP contribution in [0.15, 0.2) is 93.5 Å². The molecule has 0 bridgehead atoms. The zero-order chi connectivity index (χ0) is 34.4. The van der Waals surface area contributed by atoms with E-state index >= 15 is 0 Å². The Bertz CT molecular complexity index is 1970. The second-order valence-electron chi connectivity index (χ2n) is 13.5. The lowest BCUT2D eigenvalue weighted by Crippen LogP contribution is -2.28. The van der Waals surface area contributed by atoms with Gasteiger partial charge < -0.3 is 4.90 Å². The van der Waals surface area contributed by atoms with E-state index in [0.717, 1.165) is 77.3 Å². The molecule has 0 atom stereocenters. The zero-order valence-corrected chi connectivity index (χ0v) is 30.0. The molecule has 2 heterocycles. The van der Waals surface area contributed by atoms with Crippen molar-refractivity contribution in [2.24, 2.45) is 0 Å². The fourth-order valence-corrected chi connectivity index (χ4v) is 8.45. The number of para-hydroxylation sites is 1. The third-order valence-corrected chi connectivity index (χ3v) is 11.7. The molecule has 8 nitrogen and oxygen atoms in total. The van der Waals surface area contributed by atoms with Gasteiger partial charge >= 0.3 is 0 Å². The first-order valence-electron chi connectivity index (χ1n) is 16.0. The summed E-state index contributed by atoms with van der Waals surface area (Å²) in [6.07, 6.45) is 12.1. The molecule has 2 N–H and O–H groups in total. The molecular formula is C36H44ClN2O6S2+. The Balaban J connectivity index is 1.50. The van der Waals surface area contributed by atoms with Crippen molar-refractivity contribution in [3.63, 3.8) is 0 Å². The summed E-state index contributed by atoms with van der Waals surface area (Å²) in [7, 11) is -8.39. The zero-order valence-electron chi connectivity index (χ0n) is 27.6. The number of rotatable bonds is 10. The molecule has 2 aliphatic heterocycles. The predicted molar refractivity (Wildman–Crippen MR) is 189 cm³/mol. The largest absolute Gasteiger partial charge is 0.344 e. The molecule has 0 saturated heterocycles. The Morgan fingerprint density at radius 1 is 0.936 bits per heavy atom. The smallest absolute Gasteiger partial charge is 0.294 e. The first-order chi connectivity index (χ1) is 22.0. The van der Waals surface area contributed by atoms with Gasteiger partial charge in [-0.3, -0.25) is 9.11 Å². The molecule has 0 unspecified atom stereocenters. The summed E-state index contributed by atoms with van der Waals surface area (Å²) in [5.74, 6) is -0.303. The Morgan fingerprint density at radius 3 is 2.34 bits per heavy atom. The monoisotopic (exact) mass is 699 g/mol. The topological polar surface area (TPSA) is 115 Å². The highest BCUT2D eigenvalue weighted by atomic mass is 35.5. The molecule has 0 radical (unpaired) electrons. The van der Waals surface area contributed by atoms with E-state index in [1.54, 1.807) is 12.1 Å². The summed E-state index contributed by atoms with van der Waals surface area (Å²) in [5, 5.41) is 0.709. The molecule has 2 aromatic carbocycles. The van der Waals surface area contributed by atoms with E-state index < -0.39 is 25.7 Å². The van der Waals surface area contributed by atoms with Gasteiger partial charge in [-0.2, -0.15) is 21.4 Å². The first-order valence-corrected chi connectivity index (χ1v) is 19.5. The van der Waals surface area contributed by atoms with E-state index in [9.17, 15) is 25.9 Å². The van der Waals surface area contributed by atoms with Crippen molar-refractivity contribution in [3.8, 4) is 0 Å². The van der Waals surface area contributed by atoms with Gasteiger partial charge in [-0.15, -0.1) is 0 Å². The van der Waals surface area contributed by atoms with Crippen LogP contribution in [0.25, 0.3) is 0 Å². The van der Waals surface area contributed by atoms with Crippen LogP contribution in [0.2, 0.25) is 0 Å². The summed E-state index contributed by atoms with van der Waals surface area (Å²) in [5.41, 5.74) is 7.25. The summed E-state index contributed by atoms with van der Waals surface area (Å²) >= 11 is 7.08. The van der Waals surface area contributed by atoms with Gasteiger partial charge in [0.15, 0.2) is 5.71 Å². The van der Waals surface area contributed by atoms with Gasteiger partial charge in [-0.1, -0.05) is 62.7 Å². The first kappa shape index (κ1) is 35.3. The van der Waals surface area contributed by atoms with Crippen LogP contribution < -0.4 is 4.90 Å². The van der Waals surface area contributed by atoms with Crippen LogP contribution in [0.3, 0.4) is 0 Å². The quantitative estimate of drug-likeness (QED) is 0.192. The lowest BCUT2D eigenvalue weighted by atomic mass is 9.81. The lowest BCUT2D eigenvalue weighted by Gasteiger charge is -2.27. The molecule has 47 heavy (non-hydrogen) atoms. The van der Waals surface area contributed by atoms with Gasteiger partial charge in [0.25, 0.3) is 20.2 Å². The molecule has 2 aromatic rings. The van der Waals surface area contributed by atoms with Crippen molar-refractivity contribution < 1.29 is 30.5 Å². The minimum atomic E-state index is -4.33. The van der Waals surface area contributed by atoms with Crippen LogP contribution in [-0.2, 0) is 31.1 Å². The Kier molecular flexibility index (Phi) is 9.85.